The van der Waals surface area contributed by atoms with Gasteiger partial charge in [0.2, 0.25) is 6.23 Å². The van der Waals surface area contributed by atoms with Crippen LogP contribution in [0, 0.1) is 0 Å². The number of hydrogen-bond acceptors (Lipinski definition) is 4. The molecule has 0 fully saturated rings. The van der Waals surface area contributed by atoms with Crippen molar-refractivity contribution in [2.75, 3.05) is 13.2 Å². The number of carboxylic acids is 1. The molecule has 0 aromatic rings. The van der Waals surface area contributed by atoms with E-state index in [1.54, 1.807) is 0 Å². The van der Waals surface area contributed by atoms with Crippen LogP contribution in [0.4, 0.5) is 0 Å². The molecule has 0 saturated heterocycles. The van der Waals surface area contributed by atoms with E-state index in [2.05, 4.69) is 32.6 Å². The Morgan fingerprint density at radius 2 is 1.80 bits per heavy atom. The molecule has 0 aliphatic heterocycles. The highest BCUT2D eigenvalue weighted by Crippen LogP contribution is 2.04. The van der Waals surface area contributed by atoms with Crippen LogP contribution in [0.3, 0.4) is 0 Å². The van der Waals surface area contributed by atoms with Crippen LogP contribution in [0.1, 0.15) is 27.7 Å². The molecule has 0 amide bonds. The van der Waals surface area contributed by atoms with Gasteiger partial charge in [0, 0.05) is 18.6 Å². The van der Waals surface area contributed by atoms with Gasteiger partial charge in [-0.1, -0.05) is 0 Å². The van der Waals surface area contributed by atoms with E-state index in [0.717, 1.165) is 0 Å². The van der Waals surface area contributed by atoms with Gasteiger partial charge in [0.25, 0.3) is 0 Å². The van der Waals surface area contributed by atoms with Crippen molar-refractivity contribution in [1.82, 2.24) is 4.90 Å². The van der Waals surface area contributed by atoms with E-state index in [0.29, 0.717) is 25.2 Å². The lowest BCUT2D eigenvalue weighted by molar-refractivity contribution is -0.150. The van der Waals surface area contributed by atoms with Crippen molar-refractivity contribution in [2.45, 2.75) is 46.0 Å². The maximum absolute atomic E-state index is 10.4. The van der Waals surface area contributed by atoms with Crippen molar-refractivity contribution < 1.29 is 14.6 Å². The fraction of sp³-hybridized carbons (Fsp3) is 0.900. The summed E-state index contributed by atoms with van der Waals surface area (Å²) in [4.78, 5) is 12.6. The van der Waals surface area contributed by atoms with E-state index in [-0.39, 0.29) is 0 Å². The topological polar surface area (TPSA) is 75.8 Å². The van der Waals surface area contributed by atoms with Crippen LogP contribution >= 0.6 is 0 Å². The van der Waals surface area contributed by atoms with Gasteiger partial charge >= 0.3 is 5.97 Å². The molecular weight excluding hydrogens is 196 g/mol. The second-order valence-electron chi connectivity index (χ2n) is 4.05. The van der Waals surface area contributed by atoms with Crippen molar-refractivity contribution in [3.05, 3.63) is 0 Å². The molecule has 0 saturated carbocycles. The van der Waals surface area contributed by atoms with E-state index in [1.165, 1.54) is 0 Å². The number of aliphatic carboxylic acids is 1. The van der Waals surface area contributed by atoms with Gasteiger partial charge in [0.15, 0.2) is 0 Å². The lowest BCUT2D eigenvalue weighted by atomic mass is 10.2. The second-order valence-corrected chi connectivity index (χ2v) is 4.05. The van der Waals surface area contributed by atoms with Gasteiger partial charge in [-0.25, -0.2) is 4.79 Å². The first-order valence-corrected chi connectivity index (χ1v) is 5.22. The minimum absolute atomic E-state index is 0.337. The Balaban J connectivity index is 3.86. The summed E-state index contributed by atoms with van der Waals surface area (Å²) >= 11 is 0. The summed E-state index contributed by atoms with van der Waals surface area (Å²) in [7, 11) is 0. The number of ether oxygens (including phenoxy) is 1. The zero-order chi connectivity index (χ0) is 12.0. The van der Waals surface area contributed by atoms with Crippen LogP contribution in [0.25, 0.3) is 0 Å². The molecule has 1 unspecified atom stereocenters. The lowest BCUT2D eigenvalue weighted by Crippen LogP contribution is -2.41. The van der Waals surface area contributed by atoms with Gasteiger partial charge in [0.1, 0.15) is 0 Å². The van der Waals surface area contributed by atoms with Crippen LogP contribution in [0.2, 0.25) is 0 Å². The predicted octanol–water partition coefficient (Wildman–Crippen LogP) is 0.491. The average Bonchev–Trinajstić information content (AvgIpc) is 2.10. The monoisotopic (exact) mass is 218 g/mol. The predicted molar refractivity (Wildman–Crippen MR) is 58.5 cm³/mol. The van der Waals surface area contributed by atoms with Crippen molar-refractivity contribution >= 4 is 5.97 Å². The molecule has 0 rings (SSSR count). The molecule has 0 radical (unpaired) electrons. The van der Waals surface area contributed by atoms with E-state index in [4.69, 9.17) is 15.6 Å². The summed E-state index contributed by atoms with van der Waals surface area (Å²) < 4.78 is 4.97. The number of carboxylic acid groups (broad SMARTS) is 1. The highest BCUT2D eigenvalue weighted by molar-refractivity contribution is 5.71. The van der Waals surface area contributed by atoms with Crippen molar-refractivity contribution in [3.8, 4) is 0 Å². The number of nitrogens with zero attached hydrogens (tertiary/aromatic N) is 1. The zero-order valence-electron chi connectivity index (χ0n) is 9.93. The Morgan fingerprint density at radius 3 is 2.13 bits per heavy atom. The first-order chi connectivity index (χ1) is 6.86. The quantitative estimate of drug-likeness (QED) is 0.608. The van der Waals surface area contributed by atoms with Gasteiger partial charge in [0.05, 0.1) is 6.61 Å². The molecule has 0 aromatic carbocycles. The SMILES string of the molecule is CC(C)N(CCOC(N)C(=O)O)C(C)C. The van der Waals surface area contributed by atoms with Gasteiger partial charge in [-0.15, -0.1) is 0 Å². The van der Waals surface area contributed by atoms with Crippen LogP contribution in [0.5, 0.6) is 0 Å². The molecule has 0 bridgehead atoms. The van der Waals surface area contributed by atoms with Crippen LogP contribution < -0.4 is 5.73 Å². The van der Waals surface area contributed by atoms with E-state index >= 15 is 0 Å². The van der Waals surface area contributed by atoms with Crippen LogP contribution in [-0.4, -0.2) is 47.4 Å². The van der Waals surface area contributed by atoms with E-state index in [1.807, 2.05) is 0 Å². The maximum Gasteiger partial charge on any atom is 0.347 e. The van der Waals surface area contributed by atoms with Gasteiger partial charge in [-0.3, -0.25) is 10.6 Å². The highest BCUT2D eigenvalue weighted by Gasteiger charge is 2.15. The Hall–Kier alpha value is -0.650. The molecular formula is C10H22N2O3. The molecule has 0 aliphatic carbocycles. The average molecular weight is 218 g/mol. The Morgan fingerprint density at radius 1 is 1.33 bits per heavy atom. The molecule has 15 heavy (non-hydrogen) atoms. The summed E-state index contributed by atoms with van der Waals surface area (Å²) in [5.41, 5.74) is 5.21. The molecule has 0 spiro atoms. The number of hydrogen-bond donors (Lipinski definition) is 2. The number of rotatable bonds is 7. The summed E-state index contributed by atoms with van der Waals surface area (Å²) in [6.07, 6.45) is -1.22. The second kappa shape index (κ2) is 6.76. The molecule has 90 valence electrons. The normalized spacial score (nSPS) is 13.9. The van der Waals surface area contributed by atoms with Crippen LogP contribution in [0.15, 0.2) is 0 Å². The Bertz CT molecular complexity index is 187. The lowest BCUT2D eigenvalue weighted by Gasteiger charge is -2.30. The summed E-state index contributed by atoms with van der Waals surface area (Å²) in [5.74, 6) is -1.13. The maximum atomic E-state index is 10.4. The standard InChI is InChI=1S/C10H22N2O3/c1-7(2)12(8(3)4)5-6-15-9(11)10(13)14/h7-9H,5-6,11H2,1-4H3,(H,13,14). The van der Waals surface area contributed by atoms with Gasteiger partial charge < -0.3 is 9.84 Å². The third-order valence-electron chi connectivity index (χ3n) is 2.22. The number of nitrogens with two attached hydrogens (primary N) is 1. The molecule has 5 nitrogen and oxygen atoms in total. The minimum atomic E-state index is -1.22. The summed E-state index contributed by atoms with van der Waals surface area (Å²) in [5, 5.41) is 8.50. The fourth-order valence-corrected chi connectivity index (χ4v) is 1.47. The zero-order valence-corrected chi connectivity index (χ0v) is 9.93. The molecule has 1 atom stereocenters. The number of carbonyl (C=O) groups is 1. The smallest absolute Gasteiger partial charge is 0.347 e. The molecule has 0 heterocycles. The van der Waals surface area contributed by atoms with E-state index in [9.17, 15) is 4.79 Å². The minimum Gasteiger partial charge on any atom is -0.478 e. The van der Waals surface area contributed by atoms with E-state index < -0.39 is 12.2 Å². The van der Waals surface area contributed by atoms with Crippen LogP contribution in [-0.2, 0) is 9.53 Å². The van der Waals surface area contributed by atoms with Crippen molar-refractivity contribution in [2.24, 2.45) is 5.73 Å². The third kappa shape index (κ3) is 5.71. The van der Waals surface area contributed by atoms with Crippen molar-refractivity contribution in [3.63, 3.8) is 0 Å². The fourth-order valence-electron chi connectivity index (χ4n) is 1.47. The molecule has 0 aromatic heterocycles. The first-order valence-electron chi connectivity index (χ1n) is 5.22. The van der Waals surface area contributed by atoms with Gasteiger partial charge in [-0.05, 0) is 27.7 Å². The highest BCUT2D eigenvalue weighted by atomic mass is 16.5. The van der Waals surface area contributed by atoms with Gasteiger partial charge in [-0.2, -0.15) is 0 Å². The molecule has 3 N–H and O–H groups in total. The first kappa shape index (κ1) is 14.3. The summed E-state index contributed by atoms with van der Waals surface area (Å²) in [6, 6.07) is 0.823. The largest absolute Gasteiger partial charge is 0.478 e. The third-order valence-corrected chi connectivity index (χ3v) is 2.22. The van der Waals surface area contributed by atoms with Crippen molar-refractivity contribution in [1.29, 1.82) is 0 Å². The molecule has 5 heteroatoms. The summed E-state index contributed by atoms with van der Waals surface area (Å²) in [6.45, 7) is 9.41. The molecule has 0 aliphatic rings. The Kier molecular flexibility index (Phi) is 6.47. The Labute approximate surface area is 91.2 Å².